The van der Waals surface area contributed by atoms with E-state index in [1.807, 2.05) is 6.07 Å². The Balaban J connectivity index is 1.72. The minimum Gasteiger partial charge on any atom is -0.462 e. The summed E-state index contributed by atoms with van der Waals surface area (Å²) in [5.74, 6) is -1.06. The summed E-state index contributed by atoms with van der Waals surface area (Å²) < 4.78 is 42.1. The van der Waals surface area contributed by atoms with Gasteiger partial charge in [-0.15, -0.1) is 0 Å². The summed E-state index contributed by atoms with van der Waals surface area (Å²) >= 11 is 0. The molecule has 1 aromatic rings. The normalized spacial score (nSPS) is 20.1. The van der Waals surface area contributed by atoms with Crippen molar-refractivity contribution in [2.75, 3.05) is 6.61 Å². The van der Waals surface area contributed by atoms with Crippen molar-refractivity contribution >= 4 is 6.03 Å². The molecule has 1 aliphatic carbocycles. The molecule has 1 saturated carbocycles. The maximum absolute atomic E-state index is 12.3. The molecule has 6 nitrogen and oxygen atoms in total. The highest BCUT2D eigenvalue weighted by molar-refractivity contribution is 5.74. The number of carbonyl (C=O) groups is 1. The van der Waals surface area contributed by atoms with Gasteiger partial charge in [0.25, 0.3) is 0 Å². The molecule has 0 bridgehead atoms. The van der Waals surface area contributed by atoms with Crippen molar-refractivity contribution in [2.45, 2.75) is 31.6 Å². The molecule has 2 amide bonds. The van der Waals surface area contributed by atoms with Crippen molar-refractivity contribution in [2.24, 2.45) is 5.92 Å². The molecule has 0 aromatic carbocycles. The molecule has 0 atom stereocenters. The number of halogens is 3. The van der Waals surface area contributed by atoms with E-state index in [1.165, 1.54) is 6.20 Å². The average Bonchev–Trinajstić information content (AvgIpc) is 2.45. The van der Waals surface area contributed by atoms with Gasteiger partial charge in [-0.05, 0) is 24.5 Å². The Morgan fingerprint density at radius 1 is 1.48 bits per heavy atom. The Morgan fingerprint density at radius 2 is 2.22 bits per heavy atom. The Kier molecular flexibility index (Phi) is 5.26. The van der Waals surface area contributed by atoms with Crippen LogP contribution in [0.15, 0.2) is 18.3 Å². The molecule has 1 heterocycles. The molecule has 124 valence electrons. The summed E-state index contributed by atoms with van der Waals surface area (Å²) in [6, 6.07) is 4.07. The van der Waals surface area contributed by atoms with Crippen LogP contribution in [0, 0.1) is 17.2 Å². The van der Waals surface area contributed by atoms with Gasteiger partial charge in [0.05, 0.1) is 5.92 Å². The van der Waals surface area contributed by atoms with Gasteiger partial charge in [0.1, 0.15) is 6.07 Å². The van der Waals surface area contributed by atoms with Crippen LogP contribution in [-0.4, -0.2) is 29.8 Å². The standard InChI is InChI=1S/C14H15F3N4O2/c15-14(16,17)10-6-11(7-10)21-13(22)20-8-9-1-3-19-12(5-9)23-4-2-18/h1,3,5,10-11H,4,6-8H2,(H2,20,21,22)/t10-,11-. The molecule has 2 N–H and O–H groups in total. The molecule has 0 saturated heterocycles. The monoisotopic (exact) mass is 328 g/mol. The van der Waals surface area contributed by atoms with E-state index in [2.05, 4.69) is 15.6 Å². The SMILES string of the molecule is N#CCOc1cc(CNC(=O)N[C@H]2C[C@H](C(F)(F)F)C2)ccn1. The number of ether oxygens (including phenoxy) is 1. The third-order valence-corrected chi connectivity index (χ3v) is 3.47. The maximum Gasteiger partial charge on any atom is 0.391 e. The average molecular weight is 328 g/mol. The van der Waals surface area contributed by atoms with E-state index in [1.54, 1.807) is 12.1 Å². The van der Waals surface area contributed by atoms with E-state index in [0.717, 1.165) is 0 Å². The lowest BCUT2D eigenvalue weighted by Crippen LogP contribution is -2.51. The Morgan fingerprint density at radius 3 is 2.87 bits per heavy atom. The second kappa shape index (κ2) is 7.17. The van der Waals surface area contributed by atoms with E-state index < -0.39 is 24.2 Å². The van der Waals surface area contributed by atoms with Crippen molar-refractivity contribution in [1.82, 2.24) is 15.6 Å². The Labute approximate surface area is 130 Å². The van der Waals surface area contributed by atoms with Crippen LogP contribution in [0.1, 0.15) is 18.4 Å². The number of nitrogens with zero attached hydrogens (tertiary/aromatic N) is 2. The number of hydrogen-bond donors (Lipinski definition) is 2. The van der Waals surface area contributed by atoms with E-state index in [4.69, 9.17) is 10.00 Å². The first kappa shape index (κ1) is 16.9. The maximum atomic E-state index is 12.3. The number of amides is 2. The van der Waals surface area contributed by atoms with Crippen LogP contribution in [0.4, 0.5) is 18.0 Å². The molecule has 0 spiro atoms. The minimum absolute atomic E-state index is 0.0850. The summed E-state index contributed by atoms with van der Waals surface area (Å²) in [6.07, 6.45) is -2.89. The third kappa shape index (κ3) is 5.02. The van der Waals surface area contributed by atoms with E-state index in [0.29, 0.717) is 5.56 Å². The number of nitrogens with one attached hydrogen (secondary N) is 2. The molecule has 1 fully saturated rings. The Hall–Kier alpha value is -2.50. The van der Waals surface area contributed by atoms with Gasteiger partial charge in [0.15, 0.2) is 6.61 Å². The fourth-order valence-corrected chi connectivity index (χ4v) is 2.17. The van der Waals surface area contributed by atoms with Gasteiger partial charge in [-0.2, -0.15) is 18.4 Å². The molecule has 1 aromatic heterocycles. The van der Waals surface area contributed by atoms with Crippen LogP contribution in [0.5, 0.6) is 5.88 Å². The fraction of sp³-hybridized carbons (Fsp3) is 0.500. The lowest BCUT2D eigenvalue weighted by atomic mass is 9.80. The smallest absolute Gasteiger partial charge is 0.391 e. The van der Waals surface area contributed by atoms with Crippen molar-refractivity contribution in [3.63, 3.8) is 0 Å². The van der Waals surface area contributed by atoms with Gasteiger partial charge >= 0.3 is 12.2 Å². The van der Waals surface area contributed by atoms with E-state index >= 15 is 0 Å². The highest BCUT2D eigenvalue weighted by Gasteiger charge is 2.48. The van der Waals surface area contributed by atoms with Gasteiger partial charge in [-0.25, -0.2) is 9.78 Å². The molecular weight excluding hydrogens is 313 g/mol. The number of alkyl halides is 3. The van der Waals surface area contributed by atoms with Crippen molar-refractivity contribution < 1.29 is 22.7 Å². The predicted octanol–water partition coefficient (Wildman–Crippen LogP) is 2.12. The minimum atomic E-state index is -4.19. The second-order valence-corrected chi connectivity index (χ2v) is 5.18. The molecule has 1 aliphatic rings. The molecule has 0 radical (unpaired) electrons. The quantitative estimate of drug-likeness (QED) is 0.867. The molecule has 23 heavy (non-hydrogen) atoms. The first-order valence-corrected chi connectivity index (χ1v) is 6.94. The van der Waals surface area contributed by atoms with E-state index in [-0.39, 0.29) is 31.9 Å². The predicted molar refractivity (Wildman–Crippen MR) is 73.3 cm³/mol. The summed E-state index contributed by atoms with van der Waals surface area (Å²) in [5.41, 5.74) is 0.699. The first-order chi connectivity index (χ1) is 10.9. The fourth-order valence-electron chi connectivity index (χ4n) is 2.17. The summed E-state index contributed by atoms with van der Waals surface area (Å²) in [6.45, 7) is 0.0408. The van der Waals surface area contributed by atoms with Gasteiger partial charge < -0.3 is 15.4 Å². The highest BCUT2D eigenvalue weighted by atomic mass is 19.4. The Bertz CT molecular complexity index is 594. The zero-order valence-electron chi connectivity index (χ0n) is 12.1. The summed E-state index contributed by atoms with van der Waals surface area (Å²) in [5, 5.41) is 13.5. The van der Waals surface area contributed by atoms with Gasteiger partial charge in [0.2, 0.25) is 5.88 Å². The van der Waals surface area contributed by atoms with Gasteiger partial charge in [0, 0.05) is 24.8 Å². The van der Waals surface area contributed by atoms with Crippen LogP contribution in [-0.2, 0) is 6.54 Å². The topological polar surface area (TPSA) is 87.0 Å². The van der Waals surface area contributed by atoms with Crippen LogP contribution < -0.4 is 15.4 Å². The van der Waals surface area contributed by atoms with Gasteiger partial charge in [-0.1, -0.05) is 0 Å². The number of aromatic nitrogens is 1. The first-order valence-electron chi connectivity index (χ1n) is 6.94. The zero-order chi connectivity index (χ0) is 16.9. The number of urea groups is 1. The van der Waals surface area contributed by atoms with Crippen LogP contribution in [0.2, 0.25) is 0 Å². The van der Waals surface area contributed by atoms with E-state index in [9.17, 15) is 18.0 Å². The highest BCUT2D eigenvalue weighted by Crippen LogP contribution is 2.40. The second-order valence-electron chi connectivity index (χ2n) is 5.18. The van der Waals surface area contributed by atoms with Crippen LogP contribution in [0.25, 0.3) is 0 Å². The number of nitriles is 1. The third-order valence-electron chi connectivity index (χ3n) is 3.47. The number of hydrogen-bond acceptors (Lipinski definition) is 4. The van der Waals surface area contributed by atoms with Crippen molar-refractivity contribution in [1.29, 1.82) is 5.26 Å². The van der Waals surface area contributed by atoms with Crippen LogP contribution in [0.3, 0.4) is 0 Å². The summed E-state index contributed by atoms with van der Waals surface area (Å²) in [7, 11) is 0. The molecule has 0 aliphatic heterocycles. The lowest BCUT2D eigenvalue weighted by Gasteiger charge is -2.36. The molecule has 0 unspecified atom stereocenters. The summed E-state index contributed by atoms with van der Waals surface area (Å²) in [4.78, 5) is 15.5. The molecule has 9 heteroatoms. The largest absolute Gasteiger partial charge is 0.462 e. The van der Waals surface area contributed by atoms with Crippen LogP contribution >= 0.6 is 0 Å². The number of carbonyl (C=O) groups excluding carboxylic acids is 1. The number of rotatable bonds is 5. The lowest BCUT2D eigenvalue weighted by molar-refractivity contribution is -0.198. The van der Waals surface area contributed by atoms with Gasteiger partial charge in [-0.3, -0.25) is 0 Å². The van der Waals surface area contributed by atoms with Crippen molar-refractivity contribution in [3.05, 3.63) is 23.9 Å². The molecular formula is C14H15F3N4O2. The van der Waals surface area contributed by atoms with Crippen molar-refractivity contribution in [3.8, 4) is 11.9 Å². The molecule has 2 rings (SSSR count). The zero-order valence-corrected chi connectivity index (χ0v) is 12.1. The number of pyridine rings is 1.